The van der Waals surface area contributed by atoms with Crippen LogP contribution >= 0.6 is 11.3 Å². The maximum absolute atomic E-state index is 13.2. The van der Waals surface area contributed by atoms with Gasteiger partial charge in [-0.2, -0.15) is 0 Å². The van der Waals surface area contributed by atoms with Crippen LogP contribution in [0, 0.1) is 0 Å². The molecule has 6 heterocycles. The average molecular weight is 473 g/mol. The summed E-state index contributed by atoms with van der Waals surface area (Å²) in [6.45, 7) is 3.64. The molecule has 34 heavy (non-hydrogen) atoms. The number of thiophene rings is 1. The summed E-state index contributed by atoms with van der Waals surface area (Å²) in [7, 11) is 0. The third-order valence-corrected chi connectivity index (χ3v) is 8.40. The van der Waals surface area contributed by atoms with Crippen LogP contribution in [0.2, 0.25) is 0 Å². The molecule has 7 rings (SSSR count). The molecule has 2 unspecified atom stereocenters. The number of benzene rings is 1. The summed E-state index contributed by atoms with van der Waals surface area (Å²) in [5, 5.41) is 6.52. The molecule has 7 nitrogen and oxygen atoms in total. The van der Waals surface area contributed by atoms with Crippen molar-refractivity contribution < 1.29 is 14.3 Å². The number of fused-ring (bicyclic) bond motifs is 3. The average Bonchev–Trinajstić information content (AvgIpc) is 3.61. The molecule has 4 aromatic rings. The Bertz CT molecular complexity index is 1490. The van der Waals surface area contributed by atoms with E-state index >= 15 is 0 Å². The molecule has 2 N–H and O–H groups in total. The number of morpholine rings is 1. The minimum Gasteiger partial charge on any atom is -0.378 e. The van der Waals surface area contributed by atoms with Crippen LogP contribution in [0.3, 0.4) is 0 Å². The van der Waals surface area contributed by atoms with E-state index in [-0.39, 0.29) is 11.8 Å². The SMILES string of the molecule is O=C1NC(=O)C(c2cn(C3CCN4CCOCC4C3)c3ccccc23)=C1c1c[nH]c2sccc12. The highest BCUT2D eigenvalue weighted by Gasteiger charge is 2.37. The predicted octanol–water partition coefficient (Wildman–Crippen LogP) is 3.79. The number of carbonyl (C=O) groups is 2. The smallest absolute Gasteiger partial charge is 0.259 e. The van der Waals surface area contributed by atoms with Crippen LogP contribution in [0.1, 0.15) is 30.0 Å². The Kier molecular flexibility index (Phi) is 4.55. The second-order valence-corrected chi connectivity index (χ2v) is 10.2. The topological polar surface area (TPSA) is 79.4 Å². The highest BCUT2D eigenvalue weighted by atomic mass is 32.1. The zero-order valence-electron chi connectivity index (χ0n) is 18.5. The quantitative estimate of drug-likeness (QED) is 0.445. The minimum atomic E-state index is -0.336. The zero-order valence-corrected chi connectivity index (χ0v) is 19.4. The number of rotatable bonds is 3. The molecular formula is C26H24N4O3S. The molecule has 2 fully saturated rings. The van der Waals surface area contributed by atoms with Gasteiger partial charge in [0.2, 0.25) is 0 Å². The molecule has 0 saturated carbocycles. The molecule has 0 spiro atoms. The number of H-pyrrole nitrogens is 1. The van der Waals surface area contributed by atoms with E-state index in [2.05, 4.69) is 38.1 Å². The summed E-state index contributed by atoms with van der Waals surface area (Å²) in [5.41, 5.74) is 3.61. The number of imide groups is 1. The molecule has 3 aliphatic heterocycles. The number of aromatic nitrogens is 2. The minimum absolute atomic E-state index is 0.321. The second-order valence-electron chi connectivity index (χ2n) is 9.31. The van der Waals surface area contributed by atoms with Gasteiger partial charge in [-0.3, -0.25) is 19.8 Å². The van der Waals surface area contributed by atoms with Crippen molar-refractivity contribution in [1.29, 1.82) is 0 Å². The third kappa shape index (κ3) is 2.95. The molecule has 0 bridgehead atoms. The van der Waals surface area contributed by atoms with Crippen molar-refractivity contribution in [2.45, 2.75) is 24.9 Å². The number of piperidine rings is 1. The van der Waals surface area contributed by atoms with Gasteiger partial charge in [-0.15, -0.1) is 11.3 Å². The van der Waals surface area contributed by atoms with Gasteiger partial charge < -0.3 is 14.3 Å². The number of carbonyl (C=O) groups excluding carboxylic acids is 2. The molecule has 0 radical (unpaired) electrons. The van der Waals surface area contributed by atoms with Gasteiger partial charge in [0.25, 0.3) is 11.8 Å². The van der Waals surface area contributed by atoms with Crippen molar-refractivity contribution in [3.8, 4) is 0 Å². The standard InChI is InChI=1S/C26H24N4O3S/c31-24-22(19-12-27-26-18(19)6-10-34-26)23(25(32)28-24)20-13-30(21-4-2-1-3-17(20)21)15-5-7-29-8-9-33-14-16(29)11-15/h1-4,6,10,12-13,15-16,27H,5,7-9,11,14H2,(H,28,31,32). The zero-order chi connectivity index (χ0) is 22.8. The summed E-state index contributed by atoms with van der Waals surface area (Å²) in [4.78, 5) is 32.9. The lowest BCUT2D eigenvalue weighted by Gasteiger charge is -2.42. The molecular weight excluding hydrogens is 448 g/mol. The van der Waals surface area contributed by atoms with E-state index < -0.39 is 0 Å². The molecule has 172 valence electrons. The van der Waals surface area contributed by atoms with Crippen molar-refractivity contribution >= 4 is 55.4 Å². The van der Waals surface area contributed by atoms with Gasteiger partial charge >= 0.3 is 0 Å². The van der Waals surface area contributed by atoms with Crippen molar-refractivity contribution in [3.05, 3.63) is 59.2 Å². The summed E-state index contributed by atoms with van der Waals surface area (Å²) in [6, 6.07) is 10.9. The number of para-hydroxylation sites is 1. The molecule has 0 aliphatic carbocycles. The Balaban J connectivity index is 1.39. The number of amides is 2. The Labute approximate surface area is 200 Å². The molecule has 8 heteroatoms. The lowest BCUT2D eigenvalue weighted by Crippen LogP contribution is -2.50. The van der Waals surface area contributed by atoms with Crippen LogP contribution in [0.4, 0.5) is 0 Å². The van der Waals surface area contributed by atoms with Gasteiger partial charge in [0, 0.05) is 65.0 Å². The third-order valence-electron chi connectivity index (χ3n) is 7.55. The van der Waals surface area contributed by atoms with Crippen LogP contribution in [-0.4, -0.2) is 58.6 Å². The van der Waals surface area contributed by atoms with E-state index in [0.717, 1.165) is 71.4 Å². The maximum Gasteiger partial charge on any atom is 0.259 e. The highest BCUT2D eigenvalue weighted by molar-refractivity contribution is 7.16. The number of hydrogen-bond donors (Lipinski definition) is 2. The number of hydrogen-bond acceptors (Lipinski definition) is 5. The van der Waals surface area contributed by atoms with E-state index in [1.165, 1.54) is 0 Å². The van der Waals surface area contributed by atoms with Gasteiger partial charge in [-0.1, -0.05) is 18.2 Å². The lowest BCUT2D eigenvalue weighted by atomic mass is 9.96. The largest absolute Gasteiger partial charge is 0.378 e. The van der Waals surface area contributed by atoms with E-state index in [0.29, 0.717) is 23.2 Å². The van der Waals surface area contributed by atoms with Gasteiger partial charge in [-0.25, -0.2) is 0 Å². The fourth-order valence-corrected chi connectivity index (χ4v) is 6.70. The van der Waals surface area contributed by atoms with E-state index in [1.807, 2.05) is 29.8 Å². The fraction of sp³-hybridized carbons (Fsp3) is 0.308. The van der Waals surface area contributed by atoms with Crippen molar-refractivity contribution in [2.24, 2.45) is 0 Å². The highest BCUT2D eigenvalue weighted by Crippen LogP contribution is 2.41. The molecule has 2 atom stereocenters. The molecule has 2 saturated heterocycles. The maximum atomic E-state index is 13.2. The number of nitrogens with one attached hydrogen (secondary N) is 2. The van der Waals surface area contributed by atoms with E-state index in [1.54, 1.807) is 11.3 Å². The normalized spacial score (nSPS) is 23.8. The van der Waals surface area contributed by atoms with Crippen molar-refractivity contribution in [2.75, 3.05) is 26.3 Å². The summed E-state index contributed by atoms with van der Waals surface area (Å²) >= 11 is 1.59. The Morgan fingerprint density at radius 3 is 2.74 bits per heavy atom. The Hall–Kier alpha value is -3.20. The van der Waals surface area contributed by atoms with E-state index in [4.69, 9.17) is 4.74 Å². The fourth-order valence-electron chi connectivity index (χ4n) is 5.93. The summed E-state index contributed by atoms with van der Waals surface area (Å²) in [6.07, 6.45) is 6.01. The van der Waals surface area contributed by atoms with Gasteiger partial charge in [0.15, 0.2) is 0 Å². The van der Waals surface area contributed by atoms with Crippen molar-refractivity contribution in [1.82, 2.24) is 19.8 Å². The van der Waals surface area contributed by atoms with Crippen LogP contribution in [0.25, 0.3) is 32.3 Å². The number of aromatic amines is 1. The molecule has 1 aromatic carbocycles. The Morgan fingerprint density at radius 2 is 1.82 bits per heavy atom. The van der Waals surface area contributed by atoms with Gasteiger partial charge in [0.05, 0.1) is 24.4 Å². The summed E-state index contributed by atoms with van der Waals surface area (Å²) in [5.74, 6) is -0.667. The number of nitrogens with zero attached hydrogens (tertiary/aromatic N) is 2. The van der Waals surface area contributed by atoms with Gasteiger partial charge in [-0.05, 0) is 30.4 Å². The first kappa shape index (κ1) is 20.2. The van der Waals surface area contributed by atoms with E-state index in [9.17, 15) is 9.59 Å². The van der Waals surface area contributed by atoms with Crippen LogP contribution < -0.4 is 5.32 Å². The second kappa shape index (κ2) is 7.66. The number of ether oxygens (including phenoxy) is 1. The van der Waals surface area contributed by atoms with Crippen molar-refractivity contribution in [3.63, 3.8) is 0 Å². The first-order valence-electron chi connectivity index (χ1n) is 11.8. The van der Waals surface area contributed by atoms with Crippen LogP contribution in [-0.2, 0) is 14.3 Å². The van der Waals surface area contributed by atoms with Crippen LogP contribution in [0.15, 0.2) is 48.1 Å². The predicted molar refractivity (Wildman–Crippen MR) is 133 cm³/mol. The van der Waals surface area contributed by atoms with Crippen LogP contribution in [0.5, 0.6) is 0 Å². The first-order chi connectivity index (χ1) is 16.7. The Morgan fingerprint density at radius 1 is 0.971 bits per heavy atom. The first-order valence-corrected chi connectivity index (χ1v) is 12.6. The van der Waals surface area contributed by atoms with Gasteiger partial charge in [0.1, 0.15) is 4.83 Å². The molecule has 3 aromatic heterocycles. The lowest BCUT2D eigenvalue weighted by molar-refractivity contribution is -0.122. The molecule has 3 aliphatic rings. The summed E-state index contributed by atoms with van der Waals surface area (Å²) < 4.78 is 8.08. The molecule has 2 amide bonds. The monoisotopic (exact) mass is 472 g/mol.